The van der Waals surface area contributed by atoms with Crippen LogP contribution < -0.4 is 4.72 Å². The van der Waals surface area contributed by atoms with Crippen molar-refractivity contribution in [3.63, 3.8) is 0 Å². The number of nitrogens with zero attached hydrogens (tertiary/aromatic N) is 1. The van der Waals surface area contributed by atoms with Gasteiger partial charge < -0.3 is 14.7 Å². The van der Waals surface area contributed by atoms with E-state index >= 15 is 0 Å². The maximum absolute atomic E-state index is 12.6. The summed E-state index contributed by atoms with van der Waals surface area (Å²) in [7, 11) is -2.29. The molecule has 0 saturated carbocycles. The van der Waals surface area contributed by atoms with Crippen LogP contribution in [0.4, 0.5) is 0 Å². The van der Waals surface area contributed by atoms with Gasteiger partial charge in [-0.2, -0.15) is 4.72 Å². The number of methoxy groups -OCH3 is 1. The number of carbonyl (C=O) groups excluding carboxylic acids is 1. The second-order valence-corrected chi connectivity index (χ2v) is 7.22. The fraction of sp³-hybridized carbons (Fsp3) is 0.375. The van der Waals surface area contributed by atoms with E-state index in [1.807, 2.05) is 0 Å². The highest BCUT2D eigenvalue weighted by Crippen LogP contribution is 2.23. The average molecular weight is 366 g/mol. The SMILES string of the molecule is C#CCNS(=O)(=O)c1ccc(C(=O)N2CC(OC)CC2C(=O)O)cc1. The molecule has 2 unspecified atom stereocenters. The summed E-state index contributed by atoms with van der Waals surface area (Å²) in [5.74, 6) is 0.568. The van der Waals surface area contributed by atoms with Gasteiger partial charge in [-0.1, -0.05) is 5.92 Å². The number of carboxylic acids is 1. The van der Waals surface area contributed by atoms with Crippen molar-refractivity contribution in [1.29, 1.82) is 0 Å². The van der Waals surface area contributed by atoms with Crippen LogP contribution in [0.2, 0.25) is 0 Å². The number of rotatable bonds is 6. The number of carbonyl (C=O) groups is 2. The smallest absolute Gasteiger partial charge is 0.326 e. The van der Waals surface area contributed by atoms with Gasteiger partial charge in [0, 0.05) is 25.6 Å². The first kappa shape index (κ1) is 18.9. The topological polar surface area (TPSA) is 113 Å². The van der Waals surface area contributed by atoms with Crippen LogP contribution in [0, 0.1) is 12.3 Å². The predicted octanol–water partition coefficient (Wildman–Crippen LogP) is -0.0878. The molecule has 2 rings (SSSR count). The van der Waals surface area contributed by atoms with E-state index in [0.29, 0.717) is 0 Å². The summed E-state index contributed by atoms with van der Waals surface area (Å²) in [5.41, 5.74) is 0.193. The Bertz CT molecular complexity index is 797. The van der Waals surface area contributed by atoms with Crippen LogP contribution in [0.25, 0.3) is 0 Å². The second-order valence-electron chi connectivity index (χ2n) is 5.46. The molecule has 0 aliphatic carbocycles. The molecule has 25 heavy (non-hydrogen) atoms. The Labute approximate surface area is 145 Å². The van der Waals surface area contributed by atoms with Crippen molar-refractivity contribution in [2.75, 3.05) is 20.2 Å². The summed E-state index contributed by atoms with van der Waals surface area (Å²) in [6, 6.07) is 4.24. The Morgan fingerprint density at radius 3 is 2.56 bits per heavy atom. The molecule has 1 aliphatic heterocycles. The Morgan fingerprint density at radius 2 is 2.04 bits per heavy atom. The summed E-state index contributed by atoms with van der Waals surface area (Å²) >= 11 is 0. The van der Waals surface area contributed by atoms with Crippen molar-refractivity contribution in [2.24, 2.45) is 0 Å². The lowest BCUT2D eigenvalue weighted by Gasteiger charge is -2.21. The van der Waals surface area contributed by atoms with Gasteiger partial charge in [0.2, 0.25) is 10.0 Å². The number of aliphatic carboxylic acids is 1. The van der Waals surface area contributed by atoms with Crippen LogP contribution in [-0.4, -0.2) is 62.6 Å². The van der Waals surface area contributed by atoms with Gasteiger partial charge in [0.25, 0.3) is 5.91 Å². The molecule has 1 aromatic rings. The summed E-state index contributed by atoms with van der Waals surface area (Å²) in [6.45, 7) is 0.0194. The van der Waals surface area contributed by atoms with Crippen LogP contribution in [0.1, 0.15) is 16.8 Å². The van der Waals surface area contributed by atoms with Gasteiger partial charge in [0.1, 0.15) is 6.04 Å². The van der Waals surface area contributed by atoms with E-state index in [4.69, 9.17) is 11.2 Å². The van der Waals surface area contributed by atoms with Crippen LogP contribution in [0.3, 0.4) is 0 Å². The van der Waals surface area contributed by atoms with Gasteiger partial charge in [-0.25, -0.2) is 13.2 Å². The van der Waals surface area contributed by atoms with Gasteiger partial charge in [-0.05, 0) is 24.3 Å². The van der Waals surface area contributed by atoms with Crippen LogP contribution >= 0.6 is 0 Å². The van der Waals surface area contributed by atoms with Crippen molar-refractivity contribution in [3.05, 3.63) is 29.8 Å². The molecule has 2 atom stereocenters. The molecule has 2 N–H and O–H groups in total. The lowest BCUT2D eigenvalue weighted by atomic mass is 10.1. The minimum atomic E-state index is -3.75. The van der Waals surface area contributed by atoms with E-state index in [0.717, 1.165) is 0 Å². The number of sulfonamides is 1. The molecule has 1 amide bonds. The summed E-state index contributed by atoms with van der Waals surface area (Å²) in [5, 5.41) is 9.27. The van der Waals surface area contributed by atoms with Crippen molar-refractivity contribution in [3.8, 4) is 12.3 Å². The van der Waals surface area contributed by atoms with E-state index in [-0.39, 0.29) is 36.1 Å². The van der Waals surface area contributed by atoms with Crippen molar-refractivity contribution >= 4 is 21.9 Å². The minimum absolute atomic E-state index is 0.0368. The lowest BCUT2D eigenvalue weighted by Crippen LogP contribution is -2.40. The lowest BCUT2D eigenvalue weighted by molar-refractivity contribution is -0.141. The third-order valence-corrected chi connectivity index (χ3v) is 5.33. The molecule has 1 fully saturated rings. The molecular formula is C16H18N2O6S. The molecule has 8 nitrogen and oxygen atoms in total. The number of hydrogen-bond donors (Lipinski definition) is 2. The van der Waals surface area contributed by atoms with Gasteiger partial charge in [-0.3, -0.25) is 4.79 Å². The van der Waals surface area contributed by atoms with Crippen molar-refractivity contribution in [1.82, 2.24) is 9.62 Å². The fourth-order valence-electron chi connectivity index (χ4n) is 2.59. The zero-order chi connectivity index (χ0) is 18.6. The number of nitrogens with one attached hydrogen (secondary N) is 1. The quantitative estimate of drug-likeness (QED) is 0.681. The maximum Gasteiger partial charge on any atom is 0.326 e. The van der Waals surface area contributed by atoms with E-state index in [9.17, 15) is 23.1 Å². The molecule has 1 aromatic carbocycles. The maximum atomic E-state index is 12.6. The van der Waals surface area contributed by atoms with Crippen molar-refractivity contribution < 1.29 is 27.9 Å². The van der Waals surface area contributed by atoms with Crippen LogP contribution in [-0.2, 0) is 19.6 Å². The van der Waals surface area contributed by atoms with Gasteiger partial charge in [-0.15, -0.1) is 6.42 Å². The third-order valence-electron chi connectivity index (χ3n) is 3.92. The molecule has 0 radical (unpaired) electrons. The van der Waals surface area contributed by atoms with E-state index in [2.05, 4.69) is 10.6 Å². The number of ether oxygens (including phenoxy) is 1. The van der Waals surface area contributed by atoms with Gasteiger partial charge in [0.05, 0.1) is 17.5 Å². The third kappa shape index (κ3) is 4.17. The Morgan fingerprint density at radius 1 is 1.40 bits per heavy atom. The normalized spacial score (nSPS) is 20.2. The predicted molar refractivity (Wildman–Crippen MR) is 88.3 cm³/mol. The van der Waals surface area contributed by atoms with Crippen molar-refractivity contribution in [2.45, 2.75) is 23.5 Å². The molecule has 1 aliphatic rings. The summed E-state index contributed by atoms with van der Waals surface area (Å²) < 4.78 is 31.3. The number of likely N-dealkylation sites (tertiary alicyclic amines) is 1. The molecule has 1 heterocycles. The molecular weight excluding hydrogens is 348 g/mol. The number of benzene rings is 1. The minimum Gasteiger partial charge on any atom is -0.480 e. The average Bonchev–Trinajstić information content (AvgIpc) is 3.04. The number of terminal acetylenes is 1. The van der Waals surface area contributed by atoms with Gasteiger partial charge >= 0.3 is 5.97 Å². The first-order valence-corrected chi connectivity index (χ1v) is 8.88. The van der Waals surface area contributed by atoms with Gasteiger partial charge in [0.15, 0.2) is 0 Å². The number of amides is 1. The fourth-order valence-corrected chi connectivity index (χ4v) is 3.52. The monoisotopic (exact) mass is 366 g/mol. The first-order chi connectivity index (χ1) is 11.8. The highest BCUT2D eigenvalue weighted by atomic mass is 32.2. The summed E-state index contributed by atoms with van der Waals surface area (Å²) in [4.78, 5) is 25.1. The van der Waals surface area contributed by atoms with Crippen LogP contribution in [0.5, 0.6) is 0 Å². The zero-order valence-electron chi connectivity index (χ0n) is 13.5. The van der Waals surface area contributed by atoms with E-state index in [1.165, 1.54) is 36.3 Å². The van der Waals surface area contributed by atoms with Crippen LogP contribution in [0.15, 0.2) is 29.2 Å². The zero-order valence-corrected chi connectivity index (χ0v) is 14.3. The second kappa shape index (κ2) is 7.65. The highest BCUT2D eigenvalue weighted by molar-refractivity contribution is 7.89. The first-order valence-electron chi connectivity index (χ1n) is 7.40. The number of hydrogen-bond acceptors (Lipinski definition) is 5. The summed E-state index contributed by atoms with van der Waals surface area (Å²) in [6.07, 6.45) is 4.88. The Kier molecular flexibility index (Phi) is 5.79. The molecule has 1 saturated heterocycles. The Hall–Kier alpha value is -2.41. The molecule has 0 bridgehead atoms. The van der Waals surface area contributed by atoms with E-state index in [1.54, 1.807) is 0 Å². The standard InChI is InChI=1S/C16H18N2O6S/c1-3-8-17-25(22,23)13-6-4-11(5-7-13)15(19)18-10-12(24-2)9-14(18)16(20)21/h1,4-7,12,14,17H,8-10H2,2H3,(H,20,21). The molecule has 0 spiro atoms. The Balaban J connectivity index is 2.20. The largest absolute Gasteiger partial charge is 0.480 e. The molecule has 0 aromatic heterocycles. The molecule has 134 valence electrons. The molecule has 9 heteroatoms. The highest BCUT2D eigenvalue weighted by Gasteiger charge is 2.40. The van der Waals surface area contributed by atoms with E-state index < -0.39 is 27.9 Å². The number of carboxylic acid groups (broad SMARTS) is 1.